The van der Waals surface area contributed by atoms with E-state index in [4.69, 9.17) is 10.6 Å². The molecule has 0 saturated carbocycles. The minimum atomic E-state index is -0.207. The molecule has 2 rings (SSSR count). The zero-order chi connectivity index (χ0) is 14.7. The van der Waals surface area contributed by atoms with Crippen LogP contribution in [0.25, 0.3) is 0 Å². The zero-order valence-electron chi connectivity index (χ0n) is 11.2. The molecule has 5 nitrogen and oxygen atoms in total. The Morgan fingerprint density at radius 3 is 2.50 bits per heavy atom. The fourth-order valence-electron chi connectivity index (χ4n) is 2.15. The third kappa shape index (κ3) is 3.06. The number of benzene rings is 1. The Bertz CT molecular complexity index is 558. The number of halogens is 2. The Labute approximate surface area is 134 Å². The predicted octanol–water partition coefficient (Wildman–Crippen LogP) is 2.99. The van der Waals surface area contributed by atoms with E-state index in [1.165, 1.54) is 0 Å². The van der Waals surface area contributed by atoms with E-state index in [1.807, 2.05) is 29.8 Å². The molecule has 0 radical (unpaired) electrons. The van der Waals surface area contributed by atoms with Gasteiger partial charge in [-0.05, 0) is 30.7 Å². The predicted molar refractivity (Wildman–Crippen MR) is 85.5 cm³/mol. The van der Waals surface area contributed by atoms with Gasteiger partial charge in [-0.3, -0.25) is 10.5 Å². The maximum atomic E-state index is 5.77. The summed E-state index contributed by atoms with van der Waals surface area (Å²) in [5.74, 6) is 6.48. The first-order valence-corrected chi connectivity index (χ1v) is 7.71. The van der Waals surface area contributed by atoms with Crippen LogP contribution >= 0.6 is 31.9 Å². The van der Waals surface area contributed by atoms with Gasteiger partial charge in [-0.2, -0.15) is 5.10 Å². The number of methoxy groups -OCH3 is 1. The van der Waals surface area contributed by atoms with Crippen molar-refractivity contribution in [2.45, 2.75) is 19.5 Å². The van der Waals surface area contributed by atoms with Crippen LogP contribution in [0.2, 0.25) is 0 Å². The highest BCUT2D eigenvalue weighted by Crippen LogP contribution is 2.32. The molecule has 0 fully saturated rings. The SMILES string of the molecule is CCn1ncc(OC)c1C(NN)c1cc(Br)cc(Br)c1. The van der Waals surface area contributed by atoms with E-state index >= 15 is 0 Å². The van der Waals surface area contributed by atoms with Crippen molar-refractivity contribution in [3.63, 3.8) is 0 Å². The van der Waals surface area contributed by atoms with E-state index in [-0.39, 0.29) is 6.04 Å². The average molecular weight is 404 g/mol. The summed E-state index contributed by atoms with van der Waals surface area (Å²) < 4.78 is 9.21. The molecule has 0 aliphatic carbocycles. The molecule has 108 valence electrons. The van der Waals surface area contributed by atoms with Crippen molar-refractivity contribution >= 4 is 31.9 Å². The molecule has 1 unspecified atom stereocenters. The molecule has 0 amide bonds. The molecule has 0 spiro atoms. The van der Waals surface area contributed by atoms with Crippen molar-refractivity contribution in [1.82, 2.24) is 15.2 Å². The minimum Gasteiger partial charge on any atom is -0.493 e. The van der Waals surface area contributed by atoms with Gasteiger partial charge in [0.1, 0.15) is 5.69 Å². The maximum Gasteiger partial charge on any atom is 0.161 e. The Kier molecular flexibility index (Phi) is 5.20. The second-order valence-electron chi connectivity index (χ2n) is 4.22. The Hall–Kier alpha value is -0.890. The summed E-state index contributed by atoms with van der Waals surface area (Å²) in [6, 6.07) is 5.80. The van der Waals surface area contributed by atoms with Gasteiger partial charge in [0, 0.05) is 15.5 Å². The first kappa shape index (κ1) is 15.5. The molecule has 20 heavy (non-hydrogen) atoms. The monoisotopic (exact) mass is 402 g/mol. The van der Waals surface area contributed by atoms with E-state index < -0.39 is 0 Å². The lowest BCUT2D eigenvalue weighted by atomic mass is 10.0. The van der Waals surface area contributed by atoms with Gasteiger partial charge >= 0.3 is 0 Å². The summed E-state index contributed by atoms with van der Waals surface area (Å²) in [7, 11) is 1.63. The first-order valence-electron chi connectivity index (χ1n) is 6.12. The molecule has 1 atom stereocenters. The van der Waals surface area contributed by atoms with Crippen LogP contribution in [0.5, 0.6) is 5.75 Å². The number of hydrazine groups is 1. The van der Waals surface area contributed by atoms with Crippen LogP contribution in [-0.2, 0) is 6.54 Å². The molecule has 0 bridgehead atoms. The van der Waals surface area contributed by atoms with Gasteiger partial charge in [0.2, 0.25) is 0 Å². The number of nitrogens with two attached hydrogens (primary N) is 1. The smallest absolute Gasteiger partial charge is 0.161 e. The van der Waals surface area contributed by atoms with Crippen molar-refractivity contribution < 1.29 is 4.74 Å². The van der Waals surface area contributed by atoms with E-state index in [2.05, 4.69) is 42.4 Å². The molecule has 3 N–H and O–H groups in total. The molecule has 0 aliphatic heterocycles. The summed E-state index contributed by atoms with van der Waals surface area (Å²) in [6.45, 7) is 2.77. The highest BCUT2D eigenvalue weighted by molar-refractivity contribution is 9.11. The van der Waals surface area contributed by atoms with Crippen molar-refractivity contribution in [1.29, 1.82) is 0 Å². The molecular formula is C13H16Br2N4O. The average Bonchev–Trinajstić information content (AvgIpc) is 2.81. The van der Waals surface area contributed by atoms with E-state index in [0.717, 1.165) is 26.7 Å². The number of ether oxygens (including phenoxy) is 1. The van der Waals surface area contributed by atoms with Gasteiger partial charge in [-0.1, -0.05) is 31.9 Å². The molecule has 0 aliphatic rings. The van der Waals surface area contributed by atoms with Crippen molar-refractivity contribution in [2.75, 3.05) is 7.11 Å². The van der Waals surface area contributed by atoms with Gasteiger partial charge in [-0.25, -0.2) is 5.43 Å². The number of aromatic nitrogens is 2. The van der Waals surface area contributed by atoms with Gasteiger partial charge < -0.3 is 4.74 Å². The molecular weight excluding hydrogens is 388 g/mol. The van der Waals surface area contributed by atoms with Crippen LogP contribution in [0.15, 0.2) is 33.3 Å². The van der Waals surface area contributed by atoms with Crippen LogP contribution in [-0.4, -0.2) is 16.9 Å². The largest absolute Gasteiger partial charge is 0.493 e. The lowest BCUT2D eigenvalue weighted by Crippen LogP contribution is -2.31. The third-order valence-electron chi connectivity index (χ3n) is 3.02. The van der Waals surface area contributed by atoms with E-state index in [1.54, 1.807) is 13.3 Å². The quantitative estimate of drug-likeness (QED) is 0.594. The molecule has 0 saturated heterocycles. The highest BCUT2D eigenvalue weighted by Gasteiger charge is 2.22. The number of hydrogen-bond acceptors (Lipinski definition) is 4. The second-order valence-corrected chi connectivity index (χ2v) is 6.05. The van der Waals surface area contributed by atoms with Crippen molar-refractivity contribution in [3.05, 3.63) is 44.6 Å². The van der Waals surface area contributed by atoms with Crippen LogP contribution < -0.4 is 16.0 Å². The standard InChI is InChI=1S/C13H16Br2N4O/c1-3-19-13(11(20-2)7-17-19)12(18-16)8-4-9(14)6-10(15)5-8/h4-7,12,18H,3,16H2,1-2H3. The van der Waals surface area contributed by atoms with Crippen LogP contribution in [0.1, 0.15) is 24.2 Å². The number of nitrogens with one attached hydrogen (secondary N) is 1. The van der Waals surface area contributed by atoms with Gasteiger partial charge in [0.25, 0.3) is 0 Å². The Balaban J connectivity index is 2.54. The minimum absolute atomic E-state index is 0.207. The fourth-order valence-corrected chi connectivity index (χ4v) is 3.48. The fraction of sp³-hybridized carbons (Fsp3) is 0.308. The molecule has 7 heteroatoms. The number of aryl methyl sites for hydroxylation is 1. The molecule has 1 aromatic heterocycles. The lowest BCUT2D eigenvalue weighted by Gasteiger charge is -2.19. The number of rotatable bonds is 5. The summed E-state index contributed by atoms with van der Waals surface area (Å²) in [5.41, 5.74) is 4.76. The number of hydrogen-bond donors (Lipinski definition) is 2. The molecule has 1 aromatic carbocycles. The highest BCUT2D eigenvalue weighted by atomic mass is 79.9. The van der Waals surface area contributed by atoms with E-state index in [0.29, 0.717) is 5.75 Å². The topological polar surface area (TPSA) is 65.1 Å². The molecule has 1 heterocycles. The van der Waals surface area contributed by atoms with Crippen molar-refractivity contribution in [2.24, 2.45) is 5.84 Å². The summed E-state index contributed by atoms with van der Waals surface area (Å²) in [6.07, 6.45) is 1.70. The number of nitrogens with zero attached hydrogens (tertiary/aromatic N) is 2. The zero-order valence-corrected chi connectivity index (χ0v) is 14.4. The Morgan fingerprint density at radius 2 is 2.00 bits per heavy atom. The van der Waals surface area contributed by atoms with Crippen LogP contribution in [0.3, 0.4) is 0 Å². The van der Waals surface area contributed by atoms with Gasteiger partial charge in [0.05, 0.1) is 19.3 Å². The second kappa shape index (κ2) is 6.71. The summed E-state index contributed by atoms with van der Waals surface area (Å²) >= 11 is 6.99. The first-order chi connectivity index (χ1) is 9.60. The maximum absolute atomic E-state index is 5.77. The van der Waals surface area contributed by atoms with Crippen LogP contribution in [0, 0.1) is 0 Å². The third-order valence-corrected chi connectivity index (χ3v) is 3.94. The van der Waals surface area contributed by atoms with Gasteiger partial charge in [-0.15, -0.1) is 0 Å². The van der Waals surface area contributed by atoms with Gasteiger partial charge in [0.15, 0.2) is 5.75 Å². The van der Waals surface area contributed by atoms with Crippen molar-refractivity contribution in [3.8, 4) is 5.75 Å². The Morgan fingerprint density at radius 1 is 1.35 bits per heavy atom. The molecule has 2 aromatic rings. The van der Waals surface area contributed by atoms with Crippen LogP contribution in [0.4, 0.5) is 0 Å². The summed E-state index contributed by atoms with van der Waals surface area (Å²) in [5, 5.41) is 4.32. The van der Waals surface area contributed by atoms with E-state index in [9.17, 15) is 0 Å². The lowest BCUT2D eigenvalue weighted by molar-refractivity contribution is 0.399. The summed E-state index contributed by atoms with van der Waals surface area (Å²) in [4.78, 5) is 0. The normalized spacial score (nSPS) is 12.4.